The van der Waals surface area contributed by atoms with Gasteiger partial charge in [0.25, 0.3) is 6.43 Å². The lowest BCUT2D eigenvalue weighted by Gasteiger charge is -2.26. The molecule has 1 atom stereocenters. The minimum absolute atomic E-state index is 0.0342. The van der Waals surface area contributed by atoms with Crippen molar-refractivity contribution < 1.29 is 28.2 Å². The zero-order valence-electron chi connectivity index (χ0n) is 11.5. The lowest BCUT2D eigenvalue weighted by Crippen LogP contribution is -2.30. The molecule has 0 unspecified atom stereocenters. The number of nitrogens with zero attached hydrogens (tertiary/aromatic N) is 2. The minimum Gasteiger partial charge on any atom is -0.485 e. The molecule has 0 radical (unpaired) electrons. The second-order valence-electron chi connectivity index (χ2n) is 5.03. The Bertz CT molecular complexity index is 697. The molecule has 0 aliphatic carbocycles. The van der Waals surface area contributed by atoms with Crippen LogP contribution in [0, 0.1) is 0 Å². The van der Waals surface area contributed by atoms with E-state index in [0.717, 1.165) is 6.42 Å². The molecule has 6 nitrogen and oxygen atoms in total. The Balaban J connectivity index is 1.99. The minimum atomic E-state index is -2.64. The van der Waals surface area contributed by atoms with Crippen molar-refractivity contribution in [3.05, 3.63) is 24.0 Å². The molecule has 1 N–H and O–H groups in total. The maximum Gasteiger partial charge on any atom is 0.335 e. The molecule has 1 aromatic heterocycles. The number of alkyl halides is 2. The molecule has 3 rings (SSSR count). The fraction of sp³-hybridized carbons (Fsp3) is 0.429. The first-order valence-electron chi connectivity index (χ1n) is 6.79. The number of imidazole rings is 1. The van der Waals surface area contributed by atoms with Crippen molar-refractivity contribution in [2.45, 2.75) is 25.5 Å². The molecule has 0 spiro atoms. The van der Waals surface area contributed by atoms with Crippen molar-refractivity contribution in [2.75, 3.05) is 13.2 Å². The molecule has 0 saturated carbocycles. The van der Waals surface area contributed by atoms with Crippen LogP contribution in [0.3, 0.4) is 0 Å². The monoisotopic (exact) mass is 312 g/mol. The van der Waals surface area contributed by atoms with Gasteiger partial charge in [-0.3, -0.25) is 0 Å². The van der Waals surface area contributed by atoms with Gasteiger partial charge >= 0.3 is 5.97 Å². The number of fused-ring (bicyclic) bond motifs is 1. The fourth-order valence-electron chi connectivity index (χ4n) is 2.31. The predicted molar refractivity (Wildman–Crippen MR) is 72.5 cm³/mol. The Morgan fingerprint density at radius 1 is 1.55 bits per heavy atom. The van der Waals surface area contributed by atoms with Crippen molar-refractivity contribution >= 4 is 17.0 Å². The third-order valence-electron chi connectivity index (χ3n) is 3.50. The van der Waals surface area contributed by atoms with E-state index < -0.39 is 19.0 Å². The maximum absolute atomic E-state index is 12.3. The zero-order chi connectivity index (χ0) is 15.7. The highest BCUT2D eigenvalue weighted by molar-refractivity contribution is 5.95. The van der Waals surface area contributed by atoms with Crippen molar-refractivity contribution in [3.8, 4) is 5.75 Å². The first-order chi connectivity index (χ1) is 10.5. The van der Waals surface area contributed by atoms with Crippen molar-refractivity contribution in [3.63, 3.8) is 0 Å². The molecule has 22 heavy (non-hydrogen) atoms. The summed E-state index contributed by atoms with van der Waals surface area (Å²) in [5, 5.41) is 9.16. The van der Waals surface area contributed by atoms with E-state index in [9.17, 15) is 13.6 Å². The van der Waals surface area contributed by atoms with E-state index in [1.54, 1.807) is 4.57 Å². The summed E-state index contributed by atoms with van der Waals surface area (Å²) >= 11 is 0. The van der Waals surface area contributed by atoms with Crippen LogP contribution in [-0.4, -0.2) is 46.4 Å². The molecule has 1 aliphatic rings. The lowest BCUT2D eigenvalue weighted by molar-refractivity contribution is -0.0586. The van der Waals surface area contributed by atoms with E-state index in [0.29, 0.717) is 24.2 Å². The summed E-state index contributed by atoms with van der Waals surface area (Å²) in [7, 11) is 0. The average molecular weight is 312 g/mol. The first kappa shape index (κ1) is 14.7. The number of aromatic carboxylic acids is 1. The Labute approximate surface area is 124 Å². The number of halogens is 2. The highest BCUT2D eigenvalue weighted by atomic mass is 19.3. The predicted octanol–water partition coefficient (Wildman–Crippen LogP) is 2.17. The van der Waals surface area contributed by atoms with E-state index in [1.165, 1.54) is 18.5 Å². The first-order valence-corrected chi connectivity index (χ1v) is 6.79. The van der Waals surface area contributed by atoms with E-state index in [1.807, 2.05) is 0 Å². The van der Waals surface area contributed by atoms with Crippen LogP contribution in [0.5, 0.6) is 5.75 Å². The Hall–Kier alpha value is -2.22. The van der Waals surface area contributed by atoms with Crippen LogP contribution in [0.15, 0.2) is 18.5 Å². The highest BCUT2D eigenvalue weighted by Gasteiger charge is 2.21. The van der Waals surface area contributed by atoms with Crippen LogP contribution in [0.4, 0.5) is 8.78 Å². The number of carboxylic acid groups (broad SMARTS) is 1. The topological polar surface area (TPSA) is 73.6 Å². The maximum atomic E-state index is 12.3. The standard InChI is InChI=1S/C14H14F2N2O4/c15-12(16)6-22-11-4-8(14(19)20)3-10-13(11)17-7-18(10)5-9-1-2-21-9/h3-4,7,9,12H,1-2,5-6H2,(H,19,20)/t9-/m0/s1. The van der Waals surface area contributed by atoms with Gasteiger partial charge in [-0.15, -0.1) is 0 Å². The molecule has 1 aliphatic heterocycles. The van der Waals surface area contributed by atoms with Crippen LogP contribution in [-0.2, 0) is 11.3 Å². The van der Waals surface area contributed by atoms with Gasteiger partial charge in [0.1, 0.15) is 17.9 Å². The smallest absolute Gasteiger partial charge is 0.335 e. The number of ether oxygens (including phenoxy) is 2. The zero-order valence-corrected chi connectivity index (χ0v) is 11.5. The number of benzene rings is 1. The van der Waals surface area contributed by atoms with Gasteiger partial charge in [-0.1, -0.05) is 0 Å². The van der Waals surface area contributed by atoms with Gasteiger partial charge < -0.3 is 19.1 Å². The molecule has 1 aromatic carbocycles. The average Bonchev–Trinajstić information content (AvgIpc) is 2.83. The summed E-state index contributed by atoms with van der Waals surface area (Å²) in [6.07, 6.45) is -0.120. The third kappa shape index (κ3) is 2.87. The van der Waals surface area contributed by atoms with Crippen LogP contribution >= 0.6 is 0 Å². The van der Waals surface area contributed by atoms with E-state index in [-0.39, 0.29) is 17.4 Å². The molecule has 2 aromatic rings. The number of carboxylic acids is 1. The quantitative estimate of drug-likeness (QED) is 0.885. The second-order valence-corrected chi connectivity index (χ2v) is 5.03. The van der Waals surface area contributed by atoms with Crippen LogP contribution in [0.25, 0.3) is 11.0 Å². The number of aromatic nitrogens is 2. The number of carbonyl (C=O) groups is 1. The number of hydrogen-bond acceptors (Lipinski definition) is 4. The summed E-state index contributed by atoms with van der Waals surface area (Å²) in [4.78, 5) is 15.4. The van der Waals surface area contributed by atoms with Crippen LogP contribution in [0.1, 0.15) is 16.8 Å². The van der Waals surface area contributed by atoms with E-state index in [4.69, 9.17) is 14.6 Å². The molecule has 2 heterocycles. The van der Waals surface area contributed by atoms with Crippen molar-refractivity contribution in [1.29, 1.82) is 0 Å². The van der Waals surface area contributed by atoms with Crippen LogP contribution in [0.2, 0.25) is 0 Å². The number of hydrogen-bond donors (Lipinski definition) is 1. The fourth-order valence-corrected chi connectivity index (χ4v) is 2.31. The molecular formula is C14H14F2N2O4. The SMILES string of the molecule is O=C(O)c1cc(OCC(F)F)c2ncn(C[C@@H]3CCO3)c2c1. The molecule has 1 saturated heterocycles. The molecule has 1 fully saturated rings. The van der Waals surface area contributed by atoms with Gasteiger partial charge in [-0.2, -0.15) is 0 Å². The molecular weight excluding hydrogens is 298 g/mol. The third-order valence-corrected chi connectivity index (χ3v) is 3.50. The van der Waals surface area contributed by atoms with E-state index in [2.05, 4.69) is 4.98 Å². The second kappa shape index (κ2) is 5.88. The summed E-state index contributed by atoms with van der Waals surface area (Å²) < 4.78 is 36.8. The van der Waals surface area contributed by atoms with Crippen molar-refractivity contribution in [1.82, 2.24) is 9.55 Å². The molecule has 118 valence electrons. The summed E-state index contributed by atoms with van der Waals surface area (Å²) in [6.45, 7) is 0.436. The van der Waals surface area contributed by atoms with Crippen LogP contribution < -0.4 is 4.74 Å². The highest BCUT2D eigenvalue weighted by Crippen LogP contribution is 2.28. The normalized spacial score (nSPS) is 17.7. The van der Waals surface area contributed by atoms with Gasteiger partial charge in [0, 0.05) is 6.61 Å². The largest absolute Gasteiger partial charge is 0.485 e. The van der Waals surface area contributed by atoms with Crippen molar-refractivity contribution in [2.24, 2.45) is 0 Å². The molecule has 8 heteroatoms. The summed E-state index contributed by atoms with van der Waals surface area (Å²) in [5.41, 5.74) is 0.859. The Kier molecular flexibility index (Phi) is 3.93. The Morgan fingerprint density at radius 2 is 2.32 bits per heavy atom. The van der Waals surface area contributed by atoms with Gasteiger partial charge in [-0.25, -0.2) is 18.6 Å². The summed E-state index contributed by atoms with van der Waals surface area (Å²) in [5.74, 6) is -1.11. The molecule has 0 amide bonds. The van der Waals surface area contributed by atoms with Gasteiger partial charge in [0.05, 0.1) is 30.1 Å². The van der Waals surface area contributed by atoms with Gasteiger partial charge in [-0.05, 0) is 18.6 Å². The van der Waals surface area contributed by atoms with Gasteiger partial charge in [0.15, 0.2) is 0 Å². The molecule has 0 bridgehead atoms. The van der Waals surface area contributed by atoms with E-state index >= 15 is 0 Å². The Morgan fingerprint density at radius 3 is 2.91 bits per heavy atom. The summed E-state index contributed by atoms with van der Waals surface area (Å²) in [6, 6.07) is 2.67. The van der Waals surface area contributed by atoms with Gasteiger partial charge in [0.2, 0.25) is 0 Å². The lowest BCUT2D eigenvalue weighted by atomic mass is 10.1. The number of rotatable bonds is 6.